The summed E-state index contributed by atoms with van der Waals surface area (Å²) in [5.74, 6) is -0.629. The molecule has 1 aliphatic carbocycles. The molecule has 6 rings (SSSR count). The van der Waals surface area contributed by atoms with Crippen molar-refractivity contribution >= 4 is 26.8 Å². The van der Waals surface area contributed by atoms with E-state index < -0.39 is 11.6 Å². The predicted octanol–water partition coefficient (Wildman–Crippen LogP) is 5.26. The van der Waals surface area contributed by atoms with Gasteiger partial charge >= 0.3 is 0 Å². The highest BCUT2D eigenvalue weighted by Crippen LogP contribution is 2.41. The lowest BCUT2D eigenvalue weighted by Gasteiger charge is -2.28. The van der Waals surface area contributed by atoms with Gasteiger partial charge in [-0.15, -0.1) is 0 Å². The Bertz CT molecular complexity index is 1370. The van der Waals surface area contributed by atoms with E-state index in [0.717, 1.165) is 23.2 Å². The molecule has 1 saturated carbocycles. The number of rotatable bonds is 5. The average Bonchev–Trinajstić information content (AvgIpc) is 3.38. The minimum absolute atomic E-state index is 0.0270. The first kappa shape index (κ1) is 21.5. The van der Waals surface area contributed by atoms with Crippen molar-refractivity contribution in [1.29, 1.82) is 0 Å². The van der Waals surface area contributed by atoms with Crippen LogP contribution in [0.1, 0.15) is 55.1 Å². The Morgan fingerprint density at radius 1 is 1.12 bits per heavy atom. The number of hydrogen-bond donors (Lipinski definition) is 0. The predicted molar refractivity (Wildman–Crippen MR) is 126 cm³/mol. The summed E-state index contributed by atoms with van der Waals surface area (Å²) in [5, 5.41) is 5.25. The maximum Gasteiger partial charge on any atom is 0.187 e. The molecule has 2 fully saturated rings. The fourth-order valence-corrected chi connectivity index (χ4v) is 5.32. The number of anilines is 1. The molecule has 4 aromatic rings. The highest BCUT2D eigenvalue weighted by Gasteiger charge is 2.31. The monoisotopic (exact) mass is 482 g/mol. The average molecular weight is 483 g/mol. The first-order valence-corrected chi connectivity index (χ1v) is 12.2. The lowest BCUT2D eigenvalue weighted by molar-refractivity contribution is 0.00396. The van der Waals surface area contributed by atoms with Crippen molar-refractivity contribution in [2.45, 2.75) is 43.7 Å². The van der Waals surface area contributed by atoms with E-state index in [2.05, 4.69) is 16.3 Å². The third-order valence-corrected chi connectivity index (χ3v) is 7.61. The van der Waals surface area contributed by atoms with Gasteiger partial charge in [0.15, 0.2) is 10.8 Å². The number of nitrogens with zero attached hydrogens (tertiary/aromatic N) is 6. The summed E-state index contributed by atoms with van der Waals surface area (Å²) < 4.78 is 37.2. The van der Waals surface area contributed by atoms with Crippen LogP contribution in [0.5, 0.6) is 0 Å². The van der Waals surface area contributed by atoms with Gasteiger partial charge in [-0.05, 0) is 37.8 Å². The quantitative estimate of drug-likeness (QED) is 0.386. The molecular formula is C24H24F2N6OS. The zero-order valence-electron chi connectivity index (χ0n) is 18.9. The van der Waals surface area contributed by atoms with Crippen LogP contribution < -0.4 is 4.90 Å². The zero-order valence-corrected chi connectivity index (χ0v) is 19.7. The molecule has 0 unspecified atom stereocenters. The third-order valence-electron chi connectivity index (χ3n) is 6.39. The summed E-state index contributed by atoms with van der Waals surface area (Å²) in [6.07, 6.45) is 7.69. The van der Waals surface area contributed by atoms with Crippen LogP contribution in [-0.2, 0) is 4.74 Å². The minimum Gasteiger partial charge on any atom is -0.373 e. The number of hydrogen-bond acceptors (Lipinski definition) is 7. The molecule has 0 amide bonds. The maximum absolute atomic E-state index is 14.8. The second-order valence-corrected chi connectivity index (χ2v) is 10.1. The molecule has 0 N–H and O–H groups in total. The van der Waals surface area contributed by atoms with E-state index in [4.69, 9.17) is 14.7 Å². The lowest BCUT2D eigenvalue weighted by Crippen LogP contribution is -2.20. The Hall–Kier alpha value is -2.98. The molecule has 0 radical (unpaired) electrons. The van der Waals surface area contributed by atoms with Crippen molar-refractivity contribution < 1.29 is 13.5 Å². The zero-order chi connectivity index (χ0) is 23.4. The van der Waals surface area contributed by atoms with Crippen LogP contribution >= 0.6 is 11.3 Å². The van der Waals surface area contributed by atoms with Crippen LogP contribution in [-0.4, -0.2) is 45.4 Å². The number of fused-ring (bicyclic) bond motifs is 1. The van der Waals surface area contributed by atoms with E-state index in [1.54, 1.807) is 0 Å². The second-order valence-electron chi connectivity index (χ2n) is 9.16. The molecule has 2 atom stereocenters. The van der Waals surface area contributed by atoms with E-state index in [1.165, 1.54) is 36.3 Å². The second kappa shape index (κ2) is 8.35. The van der Waals surface area contributed by atoms with Crippen molar-refractivity contribution in [2.24, 2.45) is 0 Å². The van der Waals surface area contributed by atoms with E-state index in [1.807, 2.05) is 29.9 Å². The molecular weight excluding hydrogens is 458 g/mol. The van der Waals surface area contributed by atoms with Crippen molar-refractivity contribution in [3.05, 3.63) is 53.6 Å². The number of ether oxygens (including phenoxy) is 1. The van der Waals surface area contributed by atoms with Gasteiger partial charge in [-0.25, -0.2) is 18.7 Å². The van der Waals surface area contributed by atoms with Crippen LogP contribution in [0, 0.1) is 11.6 Å². The van der Waals surface area contributed by atoms with E-state index >= 15 is 0 Å². The summed E-state index contributed by atoms with van der Waals surface area (Å²) in [6, 6.07) is 4.09. The first-order valence-electron chi connectivity index (χ1n) is 11.4. The van der Waals surface area contributed by atoms with Gasteiger partial charge in [0.2, 0.25) is 0 Å². The SMILES string of the molecule is CN(C)c1nc2nc([C@@H]3CCO[C@H](c4cnn(C5CC5)c4)C3)nc(-c3ccc(F)cc3F)c2s1. The Kier molecular flexibility index (Phi) is 5.29. The molecule has 3 aromatic heterocycles. The van der Waals surface area contributed by atoms with Crippen LogP contribution in [0.4, 0.5) is 13.9 Å². The summed E-state index contributed by atoms with van der Waals surface area (Å²) >= 11 is 1.40. The number of aromatic nitrogens is 5. The first-order chi connectivity index (χ1) is 16.5. The standard InChI is InChI=1S/C24H24F2N6OS/c1-31(2)24-30-23-21(34-24)20(17-6-3-15(25)10-18(17)26)28-22(29-23)13-7-8-33-19(9-13)14-11-27-32(12-14)16-4-5-16/h3,6,10-13,16,19H,4-5,7-9H2,1-2H3/t13-,19+/m1/s1. The largest absolute Gasteiger partial charge is 0.373 e. The van der Waals surface area contributed by atoms with Crippen molar-refractivity contribution in [3.8, 4) is 11.3 Å². The van der Waals surface area contributed by atoms with Gasteiger partial charge in [-0.1, -0.05) is 11.3 Å². The van der Waals surface area contributed by atoms with Gasteiger partial charge in [0.05, 0.1) is 24.0 Å². The summed E-state index contributed by atoms with van der Waals surface area (Å²) in [4.78, 5) is 16.2. The number of thiazole rings is 1. The fraction of sp³-hybridized carbons (Fsp3) is 0.417. The van der Waals surface area contributed by atoms with Gasteiger partial charge in [-0.2, -0.15) is 10.1 Å². The lowest BCUT2D eigenvalue weighted by atomic mass is 9.92. The summed E-state index contributed by atoms with van der Waals surface area (Å²) in [6.45, 7) is 0.575. The Labute approximate surface area is 199 Å². The topological polar surface area (TPSA) is 69.0 Å². The molecule has 176 valence electrons. The molecule has 0 spiro atoms. The van der Waals surface area contributed by atoms with Gasteiger partial charge in [0.25, 0.3) is 0 Å². The Morgan fingerprint density at radius 3 is 2.74 bits per heavy atom. The third kappa shape index (κ3) is 3.94. The molecule has 10 heteroatoms. The smallest absolute Gasteiger partial charge is 0.187 e. The number of halogens is 2. The summed E-state index contributed by atoms with van der Waals surface area (Å²) in [5.41, 5.74) is 2.29. The molecule has 1 saturated heterocycles. The highest BCUT2D eigenvalue weighted by atomic mass is 32.1. The van der Waals surface area contributed by atoms with Crippen LogP contribution in [0.3, 0.4) is 0 Å². The molecule has 0 bridgehead atoms. The van der Waals surface area contributed by atoms with E-state index in [9.17, 15) is 8.78 Å². The Morgan fingerprint density at radius 2 is 1.97 bits per heavy atom. The van der Waals surface area contributed by atoms with Gasteiger partial charge in [0, 0.05) is 50.0 Å². The van der Waals surface area contributed by atoms with Gasteiger partial charge in [-0.3, -0.25) is 4.68 Å². The summed E-state index contributed by atoms with van der Waals surface area (Å²) in [7, 11) is 3.80. The maximum atomic E-state index is 14.8. The molecule has 34 heavy (non-hydrogen) atoms. The minimum atomic E-state index is -0.650. The number of benzene rings is 1. The normalized spacial score (nSPS) is 20.7. The van der Waals surface area contributed by atoms with Crippen molar-refractivity contribution in [1.82, 2.24) is 24.7 Å². The van der Waals surface area contributed by atoms with Crippen LogP contribution in [0.2, 0.25) is 0 Å². The van der Waals surface area contributed by atoms with E-state index in [-0.39, 0.29) is 17.6 Å². The van der Waals surface area contributed by atoms with Crippen molar-refractivity contribution in [3.63, 3.8) is 0 Å². The highest BCUT2D eigenvalue weighted by molar-refractivity contribution is 7.22. The molecule has 4 heterocycles. The van der Waals surface area contributed by atoms with Gasteiger partial charge < -0.3 is 9.64 Å². The molecule has 1 aliphatic heterocycles. The Balaban J connectivity index is 1.39. The molecule has 7 nitrogen and oxygen atoms in total. The van der Waals surface area contributed by atoms with Crippen LogP contribution in [0.25, 0.3) is 21.6 Å². The van der Waals surface area contributed by atoms with E-state index in [0.29, 0.717) is 40.9 Å². The molecule has 1 aromatic carbocycles. The van der Waals surface area contributed by atoms with Crippen molar-refractivity contribution in [2.75, 3.05) is 25.6 Å². The fourth-order valence-electron chi connectivity index (χ4n) is 4.39. The van der Waals surface area contributed by atoms with Crippen LogP contribution in [0.15, 0.2) is 30.6 Å². The molecule has 2 aliphatic rings. The van der Waals surface area contributed by atoms with Gasteiger partial charge in [0.1, 0.15) is 22.2 Å².